The molecule has 0 aliphatic heterocycles. The lowest BCUT2D eigenvalue weighted by Gasteiger charge is -2.09. The van der Waals surface area contributed by atoms with E-state index in [9.17, 15) is 4.79 Å². The van der Waals surface area contributed by atoms with Crippen LogP contribution >= 0.6 is 15.9 Å². The fraction of sp³-hybridized carbons (Fsp3) is 0.333. The van der Waals surface area contributed by atoms with Crippen LogP contribution in [0.3, 0.4) is 0 Å². The third-order valence-electron chi connectivity index (χ3n) is 3.34. The molecule has 1 aliphatic rings. The second kappa shape index (κ2) is 5.89. The van der Waals surface area contributed by atoms with Gasteiger partial charge in [0.1, 0.15) is 0 Å². The quantitative estimate of drug-likeness (QED) is 0.883. The molecule has 1 aromatic heterocycles. The molecule has 1 heterocycles. The van der Waals surface area contributed by atoms with E-state index in [0.717, 1.165) is 33.8 Å². The molecule has 1 saturated carbocycles. The van der Waals surface area contributed by atoms with Crippen molar-refractivity contribution in [2.24, 2.45) is 0 Å². The zero-order chi connectivity index (χ0) is 13.9. The van der Waals surface area contributed by atoms with Crippen LogP contribution in [0, 0.1) is 0 Å². The fourth-order valence-electron chi connectivity index (χ4n) is 2.16. The largest absolute Gasteiger partial charge is 0.352 e. The second-order valence-corrected chi connectivity index (χ2v) is 5.91. The van der Waals surface area contributed by atoms with Crippen molar-refractivity contribution >= 4 is 32.7 Å². The molecule has 104 valence electrons. The van der Waals surface area contributed by atoms with E-state index in [1.807, 2.05) is 24.3 Å². The number of amides is 1. The highest BCUT2D eigenvalue weighted by atomic mass is 79.9. The molecule has 1 aromatic carbocycles. The molecule has 1 aliphatic carbocycles. The Bertz CT molecular complexity index is 640. The van der Waals surface area contributed by atoms with Gasteiger partial charge >= 0.3 is 0 Å². The van der Waals surface area contributed by atoms with E-state index in [1.54, 1.807) is 6.20 Å². The highest BCUT2D eigenvalue weighted by molar-refractivity contribution is 9.10. The molecule has 1 amide bonds. The molecule has 2 aromatic rings. The number of nitrogens with zero attached hydrogens (tertiary/aromatic N) is 1. The number of rotatable bonds is 5. The number of nitrogens with one attached hydrogen (secondary N) is 2. The van der Waals surface area contributed by atoms with Gasteiger partial charge in [0, 0.05) is 28.6 Å². The third-order valence-corrected chi connectivity index (χ3v) is 4.03. The lowest BCUT2D eigenvalue weighted by atomic mass is 10.1. The molecule has 0 bridgehead atoms. The molecular weight excluding hydrogens is 318 g/mol. The number of halogens is 1. The number of aromatic nitrogens is 1. The first-order chi connectivity index (χ1) is 9.74. The monoisotopic (exact) mass is 333 g/mol. The summed E-state index contributed by atoms with van der Waals surface area (Å²) >= 11 is 3.53. The van der Waals surface area contributed by atoms with Gasteiger partial charge in [0.15, 0.2) is 0 Å². The molecule has 2 N–H and O–H groups in total. The maximum atomic E-state index is 11.6. The summed E-state index contributed by atoms with van der Waals surface area (Å²) < 4.78 is 1.04. The Morgan fingerprint density at radius 1 is 1.35 bits per heavy atom. The van der Waals surface area contributed by atoms with Gasteiger partial charge in [0.2, 0.25) is 5.91 Å². The van der Waals surface area contributed by atoms with E-state index in [4.69, 9.17) is 0 Å². The van der Waals surface area contributed by atoms with Crippen molar-refractivity contribution in [1.29, 1.82) is 0 Å². The number of carbonyl (C=O) groups excluding carboxylic acids is 1. The average Bonchev–Trinajstić information content (AvgIpc) is 3.26. The normalized spacial score (nSPS) is 14.4. The summed E-state index contributed by atoms with van der Waals surface area (Å²) in [6, 6.07) is 8.43. The van der Waals surface area contributed by atoms with Crippen molar-refractivity contribution in [2.45, 2.75) is 25.4 Å². The van der Waals surface area contributed by atoms with Gasteiger partial charge in [-0.1, -0.05) is 28.1 Å². The fourth-order valence-corrected chi connectivity index (χ4v) is 2.61. The standard InChI is InChI=1S/C15H16BrN3O/c16-13-6-3-10(15-12(13)2-1-7-18-15)8-17-9-14(20)19-11-4-5-11/h1-3,6-7,11,17H,4-5,8-9H2,(H,19,20). The lowest BCUT2D eigenvalue weighted by Crippen LogP contribution is -2.34. The van der Waals surface area contributed by atoms with Gasteiger partial charge < -0.3 is 10.6 Å². The predicted molar refractivity (Wildman–Crippen MR) is 82.3 cm³/mol. The molecule has 4 nitrogen and oxygen atoms in total. The molecule has 3 rings (SSSR count). The topological polar surface area (TPSA) is 54.0 Å². The molecule has 0 radical (unpaired) electrons. The summed E-state index contributed by atoms with van der Waals surface area (Å²) in [5, 5.41) is 7.23. The molecule has 5 heteroatoms. The molecule has 1 fully saturated rings. The maximum Gasteiger partial charge on any atom is 0.234 e. The molecule has 20 heavy (non-hydrogen) atoms. The van der Waals surface area contributed by atoms with Gasteiger partial charge in [-0.3, -0.25) is 9.78 Å². The summed E-state index contributed by atoms with van der Waals surface area (Å²) in [5.41, 5.74) is 2.07. The third kappa shape index (κ3) is 3.16. The predicted octanol–water partition coefficient (Wildman–Crippen LogP) is 2.37. The highest BCUT2D eigenvalue weighted by Gasteiger charge is 2.22. The first-order valence-electron chi connectivity index (χ1n) is 6.76. The van der Waals surface area contributed by atoms with Crippen LogP contribution in [0.5, 0.6) is 0 Å². The molecule has 0 spiro atoms. The van der Waals surface area contributed by atoms with Crippen molar-refractivity contribution in [3.63, 3.8) is 0 Å². The average molecular weight is 334 g/mol. The van der Waals surface area contributed by atoms with E-state index in [1.165, 1.54) is 0 Å². The first kappa shape index (κ1) is 13.5. The van der Waals surface area contributed by atoms with E-state index in [-0.39, 0.29) is 5.91 Å². The number of hydrogen-bond acceptors (Lipinski definition) is 3. The van der Waals surface area contributed by atoms with Crippen molar-refractivity contribution in [3.8, 4) is 0 Å². The highest BCUT2D eigenvalue weighted by Crippen LogP contribution is 2.25. The van der Waals surface area contributed by atoms with E-state index in [0.29, 0.717) is 19.1 Å². The smallest absolute Gasteiger partial charge is 0.234 e. The van der Waals surface area contributed by atoms with Crippen molar-refractivity contribution in [1.82, 2.24) is 15.6 Å². The number of carbonyl (C=O) groups is 1. The minimum Gasteiger partial charge on any atom is -0.352 e. The second-order valence-electron chi connectivity index (χ2n) is 5.05. The number of hydrogen-bond donors (Lipinski definition) is 2. The number of pyridine rings is 1. The minimum atomic E-state index is 0.0712. The number of benzene rings is 1. The van der Waals surface area contributed by atoms with Crippen molar-refractivity contribution in [3.05, 3.63) is 40.5 Å². The Balaban J connectivity index is 1.65. The van der Waals surface area contributed by atoms with Crippen molar-refractivity contribution in [2.75, 3.05) is 6.54 Å². The molecule has 0 atom stereocenters. The van der Waals surface area contributed by atoms with E-state index < -0.39 is 0 Å². The Morgan fingerprint density at radius 2 is 2.20 bits per heavy atom. The Hall–Kier alpha value is -1.46. The van der Waals surface area contributed by atoms with Gasteiger partial charge in [-0.15, -0.1) is 0 Å². The van der Waals surface area contributed by atoms with Crippen LogP contribution in [0.25, 0.3) is 10.9 Å². The van der Waals surface area contributed by atoms with Crippen LogP contribution < -0.4 is 10.6 Å². The Morgan fingerprint density at radius 3 is 3.00 bits per heavy atom. The lowest BCUT2D eigenvalue weighted by molar-refractivity contribution is -0.120. The van der Waals surface area contributed by atoms with Gasteiger partial charge in [-0.25, -0.2) is 0 Å². The zero-order valence-electron chi connectivity index (χ0n) is 11.0. The van der Waals surface area contributed by atoms with Crippen LogP contribution in [0.4, 0.5) is 0 Å². The van der Waals surface area contributed by atoms with Crippen LogP contribution in [-0.4, -0.2) is 23.5 Å². The molecule has 0 unspecified atom stereocenters. The van der Waals surface area contributed by atoms with Crippen LogP contribution in [0.1, 0.15) is 18.4 Å². The summed E-state index contributed by atoms with van der Waals surface area (Å²) in [6.07, 6.45) is 4.03. The van der Waals surface area contributed by atoms with E-state index >= 15 is 0 Å². The first-order valence-corrected chi connectivity index (χ1v) is 7.55. The van der Waals surface area contributed by atoms with Crippen LogP contribution in [0.15, 0.2) is 34.9 Å². The van der Waals surface area contributed by atoms with Crippen LogP contribution in [0.2, 0.25) is 0 Å². The van der Waals surface area contributed by atoms with Crippen molar-refractivity contribution < 1.29 is 4.79 Å². The Labute approximate surface area is 126 Å². The zero-order valence-corrected chi connectivity index (χ0v) is 12.6. The van der Waals surface area contributed by atoms with Crippen LogP contribution in [-0.2, 0) is 11.3 Å². The summed E-state index contributed by atoms with van der Waals surface area (Å²) in [4.78, 5) is 16.0. The Kier molecular flexibility index (Phi) is 3.98. The summed E-state index contributed by atoms with van der Waals surface area (Å²) in [5.74, 6) is 0.0712. The molecular formula is C15H16BrN3O. The summed E-state index contributed by atoms with van der Waals surface area (Å²) in [7, 11) is 0. The molecule has 0 saturated heterocycles. The van der Waals surface area contributed by atoms with E-state index in [2.05, 4.69) is 31.5 Å². The maximum absolute atomic E-state index is 11.6. The SMILES string of the molecule is O=C(CNCc1ccc(Br)c2cccnc12)NC1CC1. The van der Waals surface area contributed by atoms with Gasteiger partial charge in [0.25, 0.3) is 0 Å². The van der Waals surface area contributed by atoms with Gasteiger partial charge in [0.05, 0.1) is 12.1 Å². The van der Waals surface area contributed by atoms with Gasteiger partial charge in [-0.2, -0.15) is 0 Å². The van der Waals surface area contributed by atoms with Gasteiger partial charge in [-0.05, 0) is 30.5 Å². The minimum absolute atomic E-state index is 0.0712. The summed E-state index contributed by atoms with van der Waals surface area (Å²) in [6.45, 7) is 0.986. The number of fused-ring (bicyclic) bond motifs is 1.